The molecular formula is C28H52O2. The van der Waals surface area contributed by atoms with Crippen molar-refractivity contribution in [1.29, 1.82) is 0 Å². The van der Waals surface area contributed by atoms with Crippen LogP contribution in [0.4, 0.5) is 0 Å². The molecular weight excluding hydrogens is 368 g/mol. The zero-order valence-corrected chi connectivity index (χ0v) is 20.9. The predicted molar refractivity (Wildman–Crippen MR) is 128 cm³/mol. The minimum absolute atomic E-state index is 0.169. The third-order valence-electron chi connectivity index (χ3n) is 8.86. The first-order valence-electron chi connectivity index (χ1n) is 13.5. The Bertz CT molecular complexity index is 469. The Morgan fingerprint density at radius 1 is 0.900 bits per heavy atom. The predicted octanol–water partition coefficient (Wildman–Crippen LogP) is 7.82. The summed E-state index contributed by atoms with van der Waals surface area (Å²) >= 11 is 0. The van der Waals surface area contributed by atoms with E-state index in [1.807, 2.05) is 0 Å². The Kier molecular flexibility index (Phi) is 11.4. The highest BCUT2D eigenvalue weighted by atomic mass is 16.3. The van der Waals surface area contributed by atoms with E-state index < -0.39 is 0 Å². The Hall–Kier alpha value is -0.370. The van der Waals surface area contributed by atoms with Crippen molar-refractivity contribution in [3.8, 4) is 0 Å². The maximum absolute atomic E-state index is 12.8. The molecule has 0 saturated heterocycles. The topological polar surface area (TPSA) is 37.3 Å². The van der Waals surface area contributed by atoms with Crippen molar-refractivity contribution in [2.75, 3.05) is 0 Å². The van der Waals surface area contributed by atoms with Crippen LogP contribution in [0, 0.1) is 41.4 Å². The molecule has 2 nitrogen and oxygen atoms in total. The van der Waals surface area contributed by atoms with E-state index in [0.717, 1.165) is 56.3 Å². The number of rotatable bonds is 12. The number of ketones is 1. The van der Waals surface area contributed by atoms with Crippen LogP contribution in [-0.2, 0) is 4.79 Å². The van der Waals surface area contributed by atoms with Crippen LogP contribution in [0.2, 0.25) is 0 Å². The first-order chi connectivity index (χ1) is 14.3. The van der Waals surface area contributed by atoms with Gasteiger partial charge < -0.3 is 5.11 Å². The van der Waals surface area contributed by atoms with Gasteiger partial charge >= 0.3 is 0 Å². The summed E-state index contributed by atoms with van der Waals surface area (Å²) in [5.41, 5.74) is 0. The van der Waals surface area contributed by atoms with Crippen LogP contribution in [0.1, 0.15) is 125 Å². The Balaban J connectivity index is 1.68. The number of aliphatic hydroxyl groups is 1. The van der Waals surface area contributed by atoms with Gasteiger partial charge in [0.05, 0.1) is 6.10 Å². The van der Waals surface area contributed by atoms with Crippen molar-refractivity contribution in [2.24, 2.45) is 41.4 Å². The Morgan fingerprint density at radius 3 is 2.07 bits per heavy atom. The molecule has 2 aliphatic rings. The molecule has 2 rings (SSSR count). The van der Waals surface area contributed by atoms with Crippen LogP contribution in [0.3, 0.4) is 0 Å². The molecule has 0 aromatic rings. The van der Waals surface area contributed by atoms with E-state index in [0.29, 0.717) is 29.5 Å². The average molecular weight is 421 g/mol. The number of Topliss-reactive ketones (excluding diaryl/α,β-unsaturated/α-hetero) is 1. The van der Waals surface area contributed by atoms with Crippen molar-refractivity contribution in [3.63, 3.8) is 0 Å². The zero-order valence-electron chi connectivity index (χ0n) is 20.9. The van der Waals surface area contributed by atoms with Gasteiger partial charge in [-0.05, 0) is 67.6 Å². The van der Waals surface area contributed by atoms with Gasteiger partial charge in [0.1, 0.15) is 5.78 Å². The number of carbonyl (C=O) groups excluding carboxylic acids is 1. The highest BCUT2D eigenvalue weighted by molar-refractivity contribution is 5.81. The van der Waals surface area contributed by atoms with Crippen molar-refractivity contribution in [1.82, 2.24) is 0 Å². The molecule has 0 spiro atoms. The number of hydrogen-bond donors (Lipinski definition) is 1. The standard InChI is InChI=1S/C28H52O2/c1-6-23-12-14-24(15-13-23)18-22(5)27(29)9-7-8-26(20(2)3)19-28(30)25-16-10-21(4)11-17-25/h20-27,29H,6-19H2,1-5H3/t21?,22?,23?,24?,25?,26-,27+/m0/s1. The van der Waals surface area contributed by atoms with Gasteiger partial charge in [0.15, 0.2) is 0 Å². The minimum atomic E-state index is -0.169. The molecule has 0 bridgehead atoms. The fraction of sp³-hybridized carbons (Fsp3) is 0.964. The van der Waals surface area contributed by atoms with E-state index in [-0.39, 0.29) is 6.10 Å². The Labute approximate surface area is 188 Å². The second kappa shape index (κ2) is 13.2. The van der Waals surface area contributed by atoms with Crippen LogP contribution < -0.4 is 0 Å². The molecule has 0 amide bonds. The van der Waals surface area contributed by atoms with Gasteiger partial charge in [0.2, 0.25) is 0 Å². The normalized spacial score (nSPS) is 30.8. The lowest BCUT2D eigenvalue weighted by molar-refractivity contribution is -0.125. The molecule has 176 valence electrons. The van der Waals surface area contributed by atoms with Gasteiger partial charge in [-0.3, -0.25) is 4.79 Å². The number of carbonyl (C=O) groups is 1. The summed E-state index contributed by atoms with van der Waals surface area (Å²) < 4.78 is 0. The first kappa shape index (κ1) is 25.9. The largest absolute Gasteiger partial charge is 0.393 e. The third-order valence-corrected chi connectivity index (χ3v) is 8.86. The van der Waals surface area contributed by atoms with Crippen molar-refractivity contribution < 1.29 is 9.90 Å². The fourth-order valence-electron chi connectivity index (χ4n) is 6.11. The lowest BCUT2D eigenvalue weighted by Crippen LogP contribution is -2.25. The van der Waals surface area contributed by atoms with Crippen LogP contribution >= 0.6 is 0 Å². The molecule has 1 unspecified atom stereocenters. The van der Waals surface area contributed by atoms with Crippen molar-refractivity contribution in [3.05, 3.63) is 0 Å². The lowest BCUT2D eigenvalue weighted by atomic mass is 9.76. The molecule has 0 aromatic carbocycles. The second-order valence-electron chi connectivity index (χ2n) is 11.6. The molecule has 3 atom stereocenters. The molecule has 0 aliphatic heterocycles. The van der Waals surface area contributed by atoms with Crippen molar-refractivity contribution >= 4 is 5.78 Å². The van der Waals surface area contributed by atoms with E-state index in [2.05, 4.69) is 34.6 Å². The van der Waals surface area contributed by atoms with Crippen LogP contribution in [-0.4, -0.2) is 17.0 Å². The third kappa shape index (κ3) is 8.64. The first-order valence-corrected chi connectivity index (χ1v) is 13.5. The van der Waals surface area contributed by atoms with Gasteiger partial charge in [-0.15, -0.1) is 0 Å². The quantitative estimate of drug-likeness (QED) is 0.349. The minimum Gasteiger partial charge on any atom is -0.393 e. The summed E-state index contributed by atoms with van der Waals surface area (Å²) in [7, 11) is 0. The highest BCUT2D eigenvalue weighted by Gasteiger charge is 2.28. The second-order valence-corrected chi connectivity index (χ2v) is 11.6. The molecule has 0 aromatic heterocycles. The molecule has 2 heteroatoms. The average Bonchev–Trinajstić information content (AvgIpc) is 2.73. The van der Waals surface area contributed by atoms with Crippen LogP contribution in [0.25, 0.3) is 0 Å². The van der Waals surface area contributed by atoms with Crippen molar-refractivity contribution in [2.45, 2.75) is 131 Å². The van der Waals surface area contributed by atoms with Gasteiger partial charge in [0, 0.05) is 12.3 Å². The molecule has 2 aliphatic carbocycles. The summed E-state index contributed by atoms with van der Waals surface area (Å²) in [5, 5.41) is 10.7. The van der Waals surface area contributed by atoms with E-state index in [1.165, 1.54) is 51.4 Å². The molecule has 0 radical (unpaired) electrons. The van der Waals surface area contributed by atoms with E-state index in [1.54, 1.807) is 0 Å². The monoisotopic (exact) mass is 420 g/mol. The lowest BCUT2D eigenvalue weighted by Gasteiger charge is -2.31. The SMILES string of the molecule is CCC1CCC(CC(C)[C@H](O)CCC[C@@H](CC(=O)C2CCC(C)CC2)C(C)C)CC1. The maximum Gasteiger partial charge on any atom is 0.136 e. The van der Waals surface area contributed by atoms with E-state index in [4.69, 9.17) is 0 Å². The summed E-state index contributed by atoms with van der Waals surface area (Å²) in [6.45, 7) is 11.4. The highest BCUT2D eigenvalue weighted by Crippen LogP contribution is 2.36. The summed E-state index contributed by atoms with van der Waals surface area (Å²) in [6, 6.07) is 0. The van der Waals surface area contributed by atoms with Crippen LogP contribution in [0.5, 0.6) is 0 Å². The van der Waals surface area contributed by atoms with E-state index >= 15 is 0 Å². The van der Waals surface area contributed by atoms with E-state index in [9.17, 15) is 9.90 Å². The number of aliphatic hydroxyl groups excluding tert-OH is 1. The smallest absolute Gasteiger partial charge is 0.136 e. The molecule has 2 fully saturated rings. The van der Waals surface area contributed by atoms with Gasteiger partial charge in [-0.25, -0.2) is 0 Å². The molecule has 2 saturated carbocycles. The van der Waals surface area contributed by atoms with Crippen LogP contribution in [0.15, 0.2) is 0 Å². The molecule has 30 heavy (non-hydrogen) atoms. The number of hydrogen-bond acceptors (Lipinski definition) is 2. The Morgan fingerprint density at radius 2 is 1.50 bits per heavy atom. The summed E-state index contributed by atoms with van der Waals surface area (Å²) in [5.74, 6) is 4.90. The molecule has 0 heterocycles. The fourth-order valence-corrected chi connectivity index (χ4v) is 6.11. The summed E-state index contributed by atoms with van der Waals surface area (Å²) in [4.78, 5) is 12.8. The van der Waals surface area contributed by atoms with Gasteiger partial charge in [0.25, 0.3) is 0 Å². The van der Waals surface area contributed by atoms with Gasteiger partial charge in [-0.2, -0.15) is 0 Å². The zero-order chi connectivity index (χ0) is 22.1. The maximum atomic E-state index is 12.8. The molecule has 1 N–H and O–H groups in total. The summed E-state index contributed by atoms with van der Waals surface area (Å²) in [6.07, 6.45) is 16.4. The van der Waals surface area contributed by atoms with Gasteiger partial charge in [-0.1, -0.05) is 86.0 Å².